The summed E-state index contributed by atoms with van der Waals surface area (Å²) >= 11 is 0. The standard InChI is InChI=1S/C14H20BNO4/c1-9(17)6-10-7-11(16-12(18)8-10)15-19-13(2,3)14(4,5)20-15/h7-8H,6H2,1-5H3,(H,16,18). The summed E-state index contributed by atoms with van der Waals surface area (Å²) in [5.74, 6) is 0.00969. The number of rotatable bonds is 3. The molecule has 0 amide bonds. The molecule has 2 rings (SSSR count). The Kier molecular flexibility index (Phi) is 3.65. The molecule has 0 radical (unpaired) electrons. The van der Waals surface area contributed by atoms with Crippen LogP contribution in [0.3, 0.4) is 0 Å². The average molecular weight is 277 g/mol. The highest BCUT2D eigenvalue weighted by atomic mass is 16.7. The van der Waals surface area contributed by atoms with Crippen molar-refractivity contribution in [1.82, 2.24) is 4.98 Å². The highest BCUT2D eigenvalue weighted by Gasteiger charge is 2.52. The predicted molar refractivity (Wildman–Crippen MR) is 77.2 cm³/mol. The third-order valence-electron chi connectivity index (χ3n) is 3.89. The van der Waals surface area contributed by atoms with Gasteiger partial charge in [0.25, 0.3) is 0 Å². The van der Waals surface area contributed by atoms with Crippen molar-refractivity contribution in [2.75, 3.05) is 0 Å². The Morgan fingerprint density at radius 3 is 2.25 bits per heavy atom. The van der Waals surface area contributed by atoms with E-state index in [0.717, 1.165) is 0 Å². The lowest BCUT2D eigenvalue weighted by Crippen LogP contribution is -2.41. The van der Waals surface area contributed by atoms with E-state index in [1.54, 1.807) is 6.07 Å². The monoisotopic (exact) mass is 277 g/mol. The summed E-state index contributed by atoms with van der Waals surface area (Å²) in [6.45, 7) is 9.29. The van der Waals surface area contributed by atoms with Gasteiger partial charge in [0.05, 0.1) is 11.2 Å². The summed E-state index contributed by atoms with van der Waals surface area (Å²) in [5, 5.41) is 0. The molecule has 0 bridgehead atoms. The molecule has 0 saturated carbocycles. The van der Waals surface area contributed by atoms with Crippen LogP contribution in [0.5, 0.6) is 0 Å². The minimum atomic E-state index is -0.625. The van der Waals surface area contributed by atoms with Crippen LogP contribution in [0.15, 0.2) is 16.9 Å². The molecule has 1 aliphatic heterocycles. The van der Waals surface area contributed by atoms with Crippen LogP contribution in [-0.2, 0) is 20.5 Å². The van der Waals surface area contributed by atoms with Crippen LogP contribution in [0.4, 0.5) is 0 Å². The van der Waals surface area contributed by atoms with Crippen molar-refractivity contribution in [2.24, 2.45) is 0 Å². The topological polar surface area (TPSA) is 68.4 Å². The SMILES string of the molecule is CC(=O)Cc1cc(B2OC(C)(C)C(C)(C)O2)[nH]c(=O)c1. The van der Waals surface area contributed by atoms with E-state index < -0.39 is 18.3 Å². The van der Waals surface area contributed by atoms with Crippen LogP contribution in [0.25, 0.3) is 0 Å². The molecule has 0 aromatic carbocycles. The number of nitrogens with one attached hydrogen (secondary N) is 1. The Bertz CT molecular complexity index is 575. The molecule has 5 nitrogen and oxygen atoms in total. The van der Waals surface area contributed by atoms with Gasteiger partial charge in [0, 0.05) is 18.1 Å². The fourth-order valence-electron chi connectivity index (χ4n) is 2.11. The summed E-state index contributed by atoms with van der Waals surface area (Å²) < 4.78 is 11.8. The number of pyridine rings is 1. The molecule has 0 aliphatic carbocycles. The van der Waals surface area contributed by atoms with Crippen molar-refractivity contribution in [3.05, 3.63) is 28.0 Å². The van der Waals surface area contributed by atoms with E-state index in [9.17, 15) is 9.59 Å². The van der Waals surface area contributed by atoms with Crippen molar-refractivity contribution in [3.8, 4) is 0 Å². The smallest absolute Gasteiger partial charge is 0.398 e. The van der Waals surface area contributed by atoms with E-state index in [0.29, 0.717) is 11.2 Å². The molecule has 108 valence electrons. The fraction of sp³-hybridized carbons (Fsp3) is 0.571. The summed E-state index contributed by atoms with van der Waals surface area (Å²) in [6.07, 6.45) is 0.233. The number of Topliss-reactive ketones (excluding diaryl/α,β-unsaturated/α-hetero) is 1. The lowest BCUT2D eigenvalue weighted by molar-refractivity contribution is -0.116. The Hall–Kier alpha value is -1.40. The Morgan fingerprint density at radius 1 is 1.20 bits per heavy atom. The van der Waals surface area contributed by atoms with Gasteiger partial charge >= 0.3 is 7.12 Å². The zero-order valence-corrected chi connectivity index (χ0v) is 12.6. The van der Waals surface area contributed by atoms with Crippen LogP contribution in [0, 0.1) is 0 Å². The van der Waals surface area contributed by atoms with Gasteiger partial charge in [0.1, 0.15) is 5.78 Å². The summed E-state index contributed by atoms with van der Waals surface area (Å²) in [7, 11) is -0.625. The van der Waals surface area contributed by atoms with Crippen LogP contribution in [-0.4, -0.2) is 29.1 Å². The number of carbonyl (C=O) groups is 1. The van der Waals surface area contributed by atoms with Gasteiger partial charge in [-0.1, -0.05) is 0 Å². The quantitative estimate of drug-likeness (QED) is 0.830. The van der Waals surface area contributed by atoms with Gasteiger partial charge < -0.3 is 14.3 Å². The number of ketones is 1. The first-order chi connectivity index (χ1) is 9.10. The van der Waals surface area contributed by atoms with Crippen LogP contribution in [0.2, 0.25) is 0 Å². The molecule has 1 fully saturated rings. The van der Waals surface area contributed by atoms with Gasteiger partial charge in [-0.25, -0.2) is 0 Å². The number of hydrogen-bond acceptors (Lipinski definition) is 4. The van der Waals surface area contributed by atoms with Gasteiger partial charge in [0.15, 0.2) is 0 Å². The first-order valence-electron chi connectivity index (χ1n) is 6.69. The molecule has 1 aromatic heterocycles. The number of hydrogen-bond donors (Lipinski definition) is 1. The van der Waals surface area contributed by atoms with Gasteiger partial charge in [-0.2, -0.15) is 0 Å². The zero-order valence-electron chi connectivity index (χ0n) is 12.6. The molecule has 1 aliphatic rings. The number of carbonyl (C=O) groups excluding carboxylic acids is 1. The minimum absolute atomic E-state index is 0.00969. The summed E-state index contributed by atoms with van der Waals surface area (Å²) in [6, 6.07) is 3.18. The Labute approximate surface area is 118 Å². The summed E-state index contributed by atoms with van der Waals surface area (Å²) in [5.41, 5.74) is 0.0304. The van der Waals surface area contributed by atoms with Crippen molar-refractivity contribution < 1.29 is 14.1 Å². The molecular formula is C14H20BNO4. The molecule has 0 atom stereocenters. The van der Waals surface area contributed by atoms with Crippen molar-refractivity contribution in [1.29, 1.82) is 0 Å². The molecule has 1 N–H and O–H groups in total. The van der Waals surface area contributed by atoms with E-state index in [1.807, 2.05) is 27.7 Å². The molecular weight excluding hydrogens is 257 g/mol. The zero-order chi connectivity index (χ0) is 15.1. The lowest BCUT2D eigenvalue weighted by Gasteiger charge is -2.32. The van der Waals surface area contributed by atoms with E-state index in [4.69, 9.17) is 9.31 Å². The third kappa shape index (κ3) is 2.86. The van der Waals surface area contributed by atoms with E-state index >= 15 is 0 Å². The second-order valence-corrected chi connectivity index (χ2v) is 6.28. The second-order valence-electron chi connectivity index (χ2n) is 6.28. The molecule has 1 saturated heterocycles. The molecule has 6 heteroatoms. The Morgan fingerprint density at radius 2 is 1.75 bits per heavy atom. The maximum Gasteiger partial charge on any atom is 0.512 e. The van der Waals surface area contributed by atoms with Crippen LogP contribution in [0.1, 0.15) is 40.2 Å². The largest absolute Gasteiger partial charge is 0.512 e. The van der Waals surface area contributed by atoms with Gasteiger partial charge in [-0.15, -0.1) is 0 Å². The highest BCUT2D eigenvalue weighted by Crippen LogP contribution is 2.36. The molecule has 0 unspecified atom stereocenters. The number of aromatic nitrogens is 1. The number of H-pyrrole nitrogens is 1. The fourth-order valence-corrected chi connectivity index (χ4v) is 2.11. The van der Waals surface area contributed by atoms with Crippen molar-refractivity contribution in [2.45, 2.75) is 52.2 Å². The average Bonchev–Trinajstić information content (AvgIpc) is 2.46. The van der Waals surface area contributed by atoms with E-state index in [1.165, 1.54) is 13.0 Å². The first kappa shape index (κ1) is 15.0. The van der Waals surface area contributed by atoms with E-state index in [2.05, 4.69) is 4.98 Å². The van der Waals surface area contributed by atoms with Gasteiger partial charge in [0.2, 0.25) is 5.56 Å². The normalized spacial score (nSPS) is 20.1. The predicted octanol–water partition coefficient (Wildman–Crippen LogP) is 0.806. The van der Waals surface area contributed by atoms with Gasteiger partial charge in [-0.3, -0.25) is 9.59 Å². The van der Waals surface area contributed by atoms with E-state index in [-0.39, 0.29) is 17.8 Å². The van der Waals surface area contributed by atoms with Crippen LogP contribution >= 0.6 is 0 Å². The minimum Gasteiger partial charge on any atom is -0.398 e. The highest BCUT2D eigenvalue weighted by molar-refractivity contribution is 6.61. The van der Waals surface area contributed by atoms with Crippen molar-refractivity contribution in [3.63, 3.8) is 0 Å². The van der Waals surface area contributed by atoms with Crippen molar-refractivity contribution >= 4 is 18.5 Å². The molecule has 2 heterocycles. The van der Waals surface area contributed by atoms with Crippen LogP contribution < -0.4 is 11.2 Å². The van der Waals surface area contributed by atoms with Gasteiger partial charge in [-0.05, 0) is 46.2 Å². The third-order valence-corrected chi connectivity index (χ3v) is 3.89. The Balaban J connectivity index is 2.33. The molecule has 0 spiro atoms. The molecule has 1 aromatic rings. The maximum absolute atomic E-state index is 11.7. The molecule has 20 heavy (non-hydrogen) atoms. The maximum atomic E-state index is 11.7. The lowest BCUT2D eigenvalue weighted by atomic mass is 9.83. The second kappa shape index (κ2) is 4.86. The summed E-state index contributed by atoms with van der Waals surface area (Å²) in [4.78, 5) is 25.6. The first-order valence-corrected chi connectivity index (χ1v) is 6.69. The number of aromatic amines is 1.